The fourth-order valence-electron chi connectivity index (χ4n) is 1.36. The highest BCUT2D eigenvalue weighted by Crippen LogP contribution is 2.28. The summed E-state index contributed by atoms with van der Waals surface area (Å²) in [6.45, 7) is 1.13. The Balaban J connectivity index is 2.95. The number of hydrogen-bond acceptors (Lipinski definition) is 5. The first kappa shape index (κ1) is 13.8. The van der Waals surface area contributed by atoms with E-state index in [9.17, 15) is 4.79 Å². The number of rotatable bonds is 5. The van der Waals surface area contributed by atoms with Crippen molar-refractivity contribution in [3.63, 3.8) is 0 Å². The first-order valence-electron chi connectivity index (χ1n) is 5.35. The van der Waals surface area contributed by atoms with Gasteiger partial charge in [0.05, 0.1) is 18.9 Å². The van der Waals surface area contributed by atoms with Crippen LogP contribution >= 0.6 is 0 Å². The van der Waals surface area contributed by atoms with E-state index in [1.165, 1.54) is 7.11 Å². The van der Waals surface area contributed by atoms with E-state index in [0.29, 0.717) is 17.1 Å². The smallest absolute Gasteiger partial charge is 0.250 e. The van der Waals surface area contributed by atoms with Gasteiger partial charge in [-0.25, -0.2) is 0 Å². The molecular weight excluding hydrogens is 234 g/mol. The Morgan fingerprint density at radius 1 is 1.61 bits per heavy atom. The number of nitrogens with zero attached hydrogens (tertiary/aromatic N) is 1. The van der Waals surface area contributed by atoms with Gasteiger partial charge in [-0.2, -0.15) is 5.26 Å². The first-order valence-corrected chi connectivity index (χ1v) is 5.35. The molecular formula is C12H15N3O3. The molecule has 0 fully saturated rings. The average molecular weight is 249 g/mol. The van der Waals surface area contributed by atoms with Crippen molar-refractivity contribution in [2.24, 2.45) is 0 Å². The Bertz CT molecular complexity index is 468. The number of nitriles is 1. The molecule has 0 aromatic heterocycles. The lowest BCUT2D eigenvalue weighted by molar-refractivity contribution is -0.118. The van der Waals surface area contributed by atoms with Crippen molar-refractivity contribution in [2.75, 3.05) is 24.4 Å². The Labute approximate surface area is 105 Å². The number of carbonyl (C=O) groups is 1. The molecule has 0 spiro atoms. The molecule has 6 heteroatoms. The summed E-state index contributed by atoms with van der Waals surface area (Å²) in [4.78, 5) is 11.1. The summed E-state index contributed by atoms with van der Waals surface area (Å²) in [5.74, 6) is 0.0681. The van der Waals surface area contributed by atoms with Crippen LogP contribution in [0, 0.1) is 11.3 Å². The largest absolute Gasteiger partial charge is 0.495 e. The first-order chi connectivity index (χ1) is 8.60. The van der Waals surface area contributed by atoms with Crippen molar-refractivity contribution >= 4 is 17.3 Å². The van der Waals surface area contributed by atoms with Crippen LogP contribution in [0.15, 0.2) is 18.2 Å². The minimum Gasteiger partial charge on any atom is -0.495 e. The average Bonchev–Trinajstić information content (AvgIpc) is 2.38. The van der Waals surface area contributed by atoms with Gasteiger partial charge in [-0.05, 0) is 25.1 Å². The van der Waals surface area contributed by atoms with Gasteiger partial charge in [-0.1, -0.05) is 0 Å². The third-order valence-corrected chi connectivity index (χ3v) is 2.19. The van der Waals surface area contributed by atoms with Crippen molar-refractivity contribution in [2.45, 2.75) is 13.0 Å². The van der Waals surface area contributed by atoms with Crippen LogP contribution in [0.1, 0.15) is 6.92 Å². The predicted octanol–water partition coefficient (Wildman–Crippen LogP) is 0.950. The molecule has 0 aliphatic carbocycles. The SMILES string of the molecule is COc1ccc(NC(=O)CO)cc1NC(C)C#N. The highest BCUT2D eigenvalue weighted by molar-refractivity contribution is 5.92. The Kier molecular flexibility index (Phi) is 4.96. The Morgan fingerprint density at radius 2 is 2.33 bits per heavy atom. The van der Waals surface area contributed by atoms with Crippen molar-refractivity contribution < 1.29 is 14.6 Å². The molecule has 6 nitrogen and oxygen atoms in total. The predicted molar refractivity (Wildman–Crippen MR) is 67.4 cm³/mol. The molecule has 18 heavy (non-hydrogen) atoms. The molecule has 96 valence electrons. The van der Waals surface area contributed by atoms with E-state index < -0.39 is 12.5 Å². The lowest BCUT2D eigenvalue weighted by atomic mass is 10.2. The molecule has 1 aromatic rings. The van der Waals surface area contributed by atoms with Crippen LogP contribution in [-0.2, 0) is 4.79 Å². The number of nitrogens with one attached hydrogen (secondary N) is 2. The maximum atomic E-state index is 11.1. The van der Waals surface area contributed by atoms with Gasteiger partial charge in [-0.3, -0.25) is 4.79 Å². The van der Waals surface area contributed by atoms with Gasteiger partial charge < -0.3 is 20.5 Å². The molecule has 3 N–H and O–H groups in total. The van der Waals surface area contributed by atoms with E-state index in [4.69, 9.17) is 15.1 Å². The second-order valence-corrected chi connectivity index (χ2v) is 3.62. The van der Waals surface area contributed by atoms with Gasteiger partial charge in [0.25, 0.3) is 0 Å². The van der Waals surface area contributed by atoms with Gasteiger partial charge in [0, 0.05) is 5.69 Å². The molecule has 0 saturated carbocycles. The number of anilines is 2. The zero-order valence-corrected chi connectivity index (χ0v) is 10.2. The van der Waals surface area contributed by atoms with Crippen LogP contribution in [0.5, 0.6) is 5.75 Å². The second-order valence-electron chi connectivity index (χ2n) is 3.62. The van der Waals surface area contributed by atoms with Gasteiger partial charge in [0.2, 0.25) is 5.91 Å². The Morgan fingerprint density at radius 3 is 2.89 bits per heavy atom. The maximum Gasteiger partial charge on any atom is 0.250 e. The number of methoxy groups -OCH3 is 1. The molecule has 0 heterocycles. The van der Waals surface area contributed by atoms with E-state index in [-0.39, 0.29) is 6.04 Å². The van der Waals surface area contributed by atoms with Gasteiger partial charge in [0.1, 0.15) is 18.4 Å². The van der Waals surface area contributed by atoms with Crippen molar-refractivity contribution in [3.8, 4) is 11.8 Å². The van der Waals surface area contributed by atoms with Crippen LogP contribution in [0.3, 0.4) is 0 Å². The van der Waals surface area contributed by atoms with Crippen LogP contribution in [0.2, 0.25) is 0 Å². The second kappa shape index (κ2) is 6.47. The number of aliphatic hydroxyl groups is 1. The number of hydrogen-bond donors (Lipinski definition) is 3. The van der Waals surface area contributed by atoms with Crippen molar-refractivity contribution in [1.29, 1.82) is 5.26 Å². The molecule has 1 atom stereocenters. The number of carbonyl (C=O) groups excluding carboxylic acids is 1. The third kappa shape index (κ3) is 3.64. The van der Waals surface area contributed by atoms with Crippen LogP contribution < -0.4 is 15.4 Å². The molecule has 0 aliphatic heterocycles. The van der Waals surface area contributed by atoms with Gasteiger partial charge >= 0.3 is 0 Å². The molecule has 1 amide bonds. The summed E-state index contributed by atoms with van der Waals surface area (Å²) >= 11 is 0. The highest BCUT2D eigenvalue weighted by Gasteiger charge is 2.08. The number of amides is 1. The molecule has 1 aromatic carbocycles. The number of ether oxygens (including phenoxy) is 1. The molecule has 0 saturated heterocycles. The highest BCUT2D eigenvalue weighted by atomic mass is 16.5. The number of aliphatic hydroxyl groups excluding tert-OH is 1. The van der Waals surface area contributed by atoms with E-state index >= 15 is 0 Å². The summed E-state index contributed by atoms with van der Waals surface area (Å²) in [5, 5.41) is 22.9. The number of benzene rings is 1. The molecule has 0 radical (unpaired) electrons. The van der Waals surface area contributed by atoms with Crippen LogP contribution in [0.25, 0.3) is 0 Å². The fourth-order valence-corrected chi connectivity index (χ4v) is 1.36. The molecule has 1 rings (SSSR count). The summed E-state index contributed by atoms with van der Waals surface area (Å²) < 4.78 is 5.14. The van der Waals surface area contributed by atoms with Gasteiger partial charge in [0.15, 0.2) is 0 Å². The zero-order chi connectivity index (χ0) is 13.5. The van der Waals surface area contributed by atoms with Crippen molar-refractivity contribution in [1.82, 2.24) is 0 Å². The Hall–Kier alpha value is -2.26. The minimum absolute atomic E-state index is 0.386. The lowest BCUT2D eigenvalue weighted by Crippen LogP contribution is -2.16. The minimum atomic E-state index is -0.580. The molecule has 0 aliphatic rings. The van der Waals surface area contributed by atoms with E-state index in [1.807, 2.05) is 6.07 Å². The lowest BCUT2D eigenvalue weighted by Gasteiger charge is -2.14. The third-order valence-electron chi connectivity index (χ3n) is 2.19. The molecule has 0 bridgehead atoms. The maximum absolute atomic E-state index is 11.1. The fraction of sp³-hybridized carbons (Fsp3) is 0.333. The van der Waals surface area contributed by atoms with E-state index in [1.54, 1.807) is 25.1 Å². The van der Waals surface area contributed by atoms with Crippen LogP contribution in [0.4, 0.5) is 11.4 Å². The topological polar surface area (TPSA) is 94.4 Å². The monoisotopic (exact) mass is 249 g/mol. The zero-order valence-electron chi connectivity index (χ0n) is 10.2. The summed E-state index contributed by atoms with van der Waals surface area (Å²) in [7, 11) is 1.52. The summed E-state index contributed by atoms with van der Waals surface area (Å²) in [6, 6.07) is 6.61. The summed E-state index contributed by atoms with van der Waals surface area (Å²) in [5.41, 5.74) is 1.12. The van der Waals surface area contributed by atoms with Crippen molar-refractivity contribution in [3.05, 3.63) is 18.2 Å². The summed E-state index contributed by atoms with van der Waals surface area (Å²) in [6.07, 6.45) is 0. The van der Waals surface area contributed by atoms with E-state index in [2.05, 4.69) is 10.6 Å². The van der Waals surface area contributed by atoms with E-state index in [0.717, 1.165) is 0 Å². The standard InChI is InChI=1S/C12H15N3O3/c1-8(6-13)14-10-5-9(15-12(17)7-16)3-4-11(10)18-2/h3-5,8,14,16H,7H2,1-2H3,(H,15,17). The quantitative estimate of drug-likeness (QED) is 0.722. The van der Waals surface area contributed by atoms with Gasteiger partial charge in [-0.15, -0.1) is 0 Å². The van der Waals surface area contributed by atoms with Crippen LogP contribution in [-0.4, -0.2) is 30.8 Å². The molecule has 1 unspecified atom stereocenters. The normalized spacial score (nSPS) is 11.2.